The molecule has 0 spiro atoms. The number of nitrogens with zero attached hydrogens (tertiary/aromatic N) is 1. The summed E-state index contributed by atoms with van der Waals surface area (Å²) in [6.45, 7) is 3.53. The van der Waals surface area contributed by atoms with Gasteiger partial charge >= 0.3 is 4.87 Å². The van der Waals surface area contributed by atoms with Crippen LogP contribution in [0.3, 0.4) is 0 Å². The number of sulfonamides is 1. The van der Waals surface area contributed by atoms with Gasteiger partial charge in [0.1, 0.15) is 5.01 Å². The second-order valence-corrected chi connectivity index (χ2v) is 7.52. The van der Waals surface area contributed by atoms with Crippen LogP contribution in [-0.4, -0.2) is 18.4 Å². The highest BCUT2D eigenvalue weighted by Gasteiger charge is 2.20. The zero-order valence-corrected chi connectivity index (χ0v) is 12.1. The molecule has 0 radical (unpaired) electrons. The molecule has 18 heavy (non-hydrogen) atoms. The second-order valence-electron chi connectivity index (χ2n) is 3.63. The Balaban J connectivity index is 2.18. The predicted octanol–water partition coefficient (Wildman–Crippen LogP) is 0.988. The SMILES string of the molecule is Cc1csc(CNS(=O)(=O)c2sc(=O)[nH]c2C)n1. The lowest BCUT2D eigenvalue weighted by Crippen LogP contribution is -2.23. The summed E-state index contributed by atoms with van der Waals surface area (Å²) in [5.74, 6) is 0. The Hall–Kier alpha value is -1.03. The minimum absolute atomic E-state index is 0.0285. The fourth-order valence-corrected chi connectivity index (χ4v) is 4.49. The molecule has 0 saturated heterocycles. The van der Waals surface area contributed by atoms with Crippen LogP contribution in [0.15, 0.2) is 14.4 Å². The molecule has 0 unspecified atom stereocenters. The normalized spacial score (nSPS) is 11.9. The Morgan fingerprint density at radius 2 is 2.17 bits per heavy atom. The average molecular weight is 305 g/mol. The molecule has 0 aromatic carbocycles. The molecule has 2 aromatic rings. The van der Waals surface area contributed by atoms with Crippen LogP contribution in [0, 0.1) is 13.8 Å². The molecule has 0 fully saturated rings. The topological polar surface area (TPSA) is 91.9 Å². The van der Waals surface area contributed by atoms with Crippen LogP contribution in [0.5, 0.6) is 0 Å². The van der Waals surface area contributed by atoms with Gasteiger partial charge in [-0.25, -0.2) is 18.1 Å². The van der Waals surface area contributed by atoms with E-state index in [9.17, 15) is 13.2 Å². The van der Waals surface area contributed by atoms with E-state index >= 15 is 0 Å². The predicted molar refractivity (Wildman–Crippen MR) is 70.6 cm³/mol. The number of thiazole rings is 2. The zero-order chi connectivity index (χ0) is 13.3. The third-order valence-electron chi connectivity index (χ3n) is 2.11. The van der Waals surface area contributed by atoms with Crippen molar-refractivity contribution in [1.29, 1.82) is 0 Å². The number of hydrogen-bond acceptors (Lipinski definition) is 6. The summed E-state index contributed by atoms with van der Waals surface area (Å²) in [4.78, 5) is 17.3. The number of aryl methyl sites for hydroxylation is 2. The van der Waals surface area contributed by atoms with E-state index in [0.717, 1.165) is 5.69 Å². The van der Waals surface area contributed by atoms with Crippen molar-refractivity contribution in [3.63, 3.8) is 0 Å². The molecule has 98 valence electrons. The third kappa shape index (κ3) is 2.86. The highest BCUT2D eigenvalue weighted by Crippen LogP contribution is 2.16. The summed E-state index contributed by atoms with van der Waals surface area (Å²) in [5.41, 5.74) is 1.21. The number of nitrogens with one attached hydrogen (secondary N) is 2. The smallest absolute Gasteiger partial charge is 0.305 e. The molecule has 6 nitrogen and oxygen atoms in total. The van der Waals surface area contributed by atoms with Crippen molar-refractivity contribution in [2.45, 2.75) is 24.6 Å². The maximum atomic E-state index is 12.0. The van der Waals surface area contributed by atoms with Crippen LogP contribution in [0.4, 0.5) is 0 Å². The molecule has 0 aliphatic rings. The van der Waals surface area contributed by atoms with Crippen molar-refractivity contribution in [2.75, 3.05) is 0 Å². The van der Waals surface area contributed by atoms with Crippen molar-refractivity contribution in [3.05, 3.63) is 31.4 Å². The Morgan fingerprint density at radius 1 is 1.44 bits per heavy atom. The Kier molecular flexibility index (Phi) is 3.66. The van der Waals surface area contributed by atoms with Crippen LogP contribution in [0.2, 0.25) is 0 Å². The van der Waals surface area contributed by atoms with E-state index in [4.69, 9.17) is 0 Å². The van der Waals surface area contributed by atoms with Gasteiger partial charge in [0.15, 0.2) is 4.21 Å². The monoisotopic (exact) mass is 305 g/mol. The lowest BCUT2D eigenvalue weighted by Gasteiger charge is -2.02. The van der Waals surface area contributed by atoms with Crippen LogP contribution in [0.25, 0.3) is 0 Å². The van der Waals surface area contributed by atoms with E-state index < -0.39 is 10.0 Å². The third-order valence-corrected chi connectivity index (χ3v) is 6.08. The summed E-state index contributed by atoms with van der Waals surface area (Å²) in [6, 6.07) is 0. The van der Waals surface area contributed by atoms with Crippen molar-refractivity contribution in [3.8, 4) is 0 Å². The first-order valence-electron chi connectivity index (χ1n) is 4.99. The zero-order valence-electron chi connectivity index (χ0n) is 9.68. The quantitative estimate of drug-likeness (QED) is 0.881. The van der Waals surface area contributed by atoms with Gasteiger partial charge in [-0.3, -0.25) is 4.79 Å². The lowest BCUT2D eigenvalue weighted by atomic mass is 10.6. The fourth-order valence-electron chi connectivity index (χ4n) is 1.35. The molecule has 0 amide bonds. The maximum absolute atomic E-state index is 12.0. The number of aromatic amines is 1. The Bertz CT molecular complexity index is 711. The van der Waals surface area contributed by atoms with E-state index in [-0.39, 0.29) is 15.6 Å². The molecule has 9 heteroatoms. The van der Waals surface area contributed by atoms with Gasteiger partial charge in [-0.1, -0.05) is 11.3 Å². The molecule has 2 rings (SSSR count). The van der Waals surface area contributed by atoms with Gasteiger partial charge in [0.2, 0.25) is 0 Å². The van der Waals surface area contributed by atoms with E-state index in [1.165, 1.54) is 11.3 Å². The molecular formula is C9H11N3O3S3. The highest BCUT2D eigenvalue weighted by atomic mass is 32.2. The van der Waals surface area contributed by atoms with Crippen LogP contribution in [0.1, 0.15) is 16.4 Å². The van der Waals surface area contributed by atoms with Gasteiger partial charge in [-0.2, -0.15) is 0 Å². The molecule has 0 aliphatic heterocycles. The van der Waals surface area contributed by atoms with Gasteiger partial charge in [-0.05, 0) is 13.8 Å². The van der Waals surface area contributed by atoms with Crippen molar-refractivity contribution in [1.82, 2.24) is 14.7 Å². The van der Waals surface area contributed by atoms with E-state index in [1.807, 2.05) is 12.3 Å². The highest BCUT2D eigenvalue weighted by molar-refractivity contribution is 7.91. The first kappa shape index (κ1) is 13.4. The average Bonchev–Trinajstić information content (AvgIpc) is 2.82. The number of H-pyrrole nitrogens is 1. The minimum Gasteiger partial charge on any atom is -0.315 e. The van der Waals surface area contributed by atoms with Crippen molar-refractivity contribution < 1.29 is 8.42 Å². The molecule has 2 N–H and O–H groups in total. The lowest BCUT2D eigenvalue weighted by molar-refractivity contribution is 0.582. The minimum atomic E-state index is -3.66. The summed E-state index contributed by atoms with van der Waals surface area (Å²) >= 11 is 2.07. The van der Waals surface area contributed by atoms with Crippen LogP contribution < -0.4 is 9.60 Å². The number of rotatable bonds is 4. The summed E-state index contributed by atoms with van der Waals surface area (Å²) < 4.78 is 26.4. The molecular weight excluding hydrogens is 294 g/mol. The van der Waals surface area contributed by atoms with Crippen LogP contribution in [-0.2, 0) is 16.6 Å². The number of aromatic nitrogens is 2. The number of hydrogen-bond donors (Lipinski definition) is 2. The molecule has 2 aromatic heterocycles. The Labute approximate surface area is 112 Å². The molecule has 0 bridgehead atoms. The van der Waals surface area contributed by atoms with Gasteiger partial charge in [0, 0.05) is 16.8 Å². The van der Waals surface area contributed by atoms with Crippen molar-refractivity contribution in [2.24, 2.45) is 0 Å². The maximum Gasteiger partial charge on any atom is 0.305 e. The standard InChI is InChI=1S/C9H11N3O3S3/c1-5-4-16-7(11-5)3-10-18(14,15)8-6(2)12-9(13)17-8/h4,10H,3H2,1-2H3,(H,12,13). The first-order chi connectivity index (χ1) is 8.38. The molecule has 0 aliphatic carbocycles. The summed E-state index contributed by atoms with van der Waals surface area (Å²) in [5, 5.41) is 2.54. The van der Waals surface area contributed by atoms with E-state index in [2.05, 4.69) is 14.7 Å². The first-order valence-corrected chi connectivity index (χ1v) is 8.17. The van der Waals surface area contributed by atoms with Crippen molar-refractivity contribution >= 4 is 32.7 Å². The van der Waals surface area contributed by atoms with E-state index in [1.54, 1.807) is 6.92 Å². The van der Waals surface area contributed by atoms with Crippen LogP contribution >= 0.6 is 22.7 Å². The fraction of sp³-hybridized carbons (Fsp3) is 0.333. The van der Waals surface area contributed by atoms with Gasteiger partial charge in [-0.15, -0.1) is 11.3 Å². The molecule has 0 atom stereocenters. The largest absolute Gasteiger partial charge is 0.315 e. The van der Waals surface area contributed by atoms with E-state index in [0.29, 0.717) is 22.0 Å². The second kappa shape index (κ2) is 4.92. The Morgan fingerprint density at radius 3 is 2.67 bits per heavy atom. The summed E-state index contributed by atoms with van der Waals surface area (Å²) in [7, 11) is -3.66. The van der Waals surface area contributed by atoms with Gasteiger partial charge in [0.05, 0.1) is 6.54 Å². The van der Waals surface area contributed by atoms with Gasteiger partial charge < -0.3 is 4.98 Å². The molecule has 2 heterocycles. The molecule has 0 saturated carbocycles. The summed E-state index contributed by atoms with van der Waals surface area (Å²) in [6.07, 6.45) is 0. The van der Waals surface area contributed by atoms with Gasteiger partial charge in [0.25, 0.3) is 10.0 Å².